The molecule has 0 saturated heterocycles. The van der Waals surface area contributed by atoms with Crippen LogP contribution in [-0.2, 0) is 19.8 Å². The summed E-state index contributed by atoms with van der Waals surface area (Å²) >= 11 is 0. The third-order valence-electron chi connectivity index (χ3n) is 3.08. The Balaban J connectivity index is 3.06. The fourth-order valence-electron chi connectivity index (χ4n) is 1.74. The first-order valence-corrected chi connectivity index (χ1v) is 8.72. The molecule has 13 nitrogen and oxygen atoms in total. The van der Waals surface area contributed by atoms with Gasteiger partial charge in [0.2, 0.25) is 11.8 Å². The first-order valence-electron chi connectivity index (χ1n) is 7.24. The number of amides is 1. The van der Waals surface area contributed by atoms with Crippen molar-refractivity contribution in [1.29, 1.82) is 0 Å². The molecule has 14 heteroatoms. The number of aliphatic carboxylic acids is 1. The first-order chi connectivity index (χ1) is 12.0. The lowest BCUT2D eigenvalue weighted by atomic mass is 10.2. The van der Waals surface area contributed by atoms with Gasteiger partial charge in [-0.05, 0) is 6.42 Å². The quantitative estimate of drug-likeness (QED) is 0.235. The van der Waals surface area contributed by atoms with Crippen molar-refractivity contribution in [1.82, 2.24) is 19.6 Å². The van der Waals surface area contributed by atoms with Crippen LogP contribution in [0.25, 0.3) is 0 Å². The number of primary amides is 1. The Kier molecular flexibility index (Phi) is 7.19. The Hall–Kier alpha value is -2.55. The zero-order valence-electron chi connectivity index (χ0n) is 13.7. The predicted molar refractivity (Wildman–Crippen MR) is 86.5 cm³/mol. The first kappa shape index (κ1) is 21.5. The number of nitrogens with zero attached hydrogens (tertiary/aromatic N) is 2. The van der Waals surface area contributed by atoms with Crippen molar-refractivity contribution in [3.8, 4) is 0 Å². The molecular formula is C12H20N6O7S. The summed E-state index contributed by atoms with van der Waals surface area (Å²) in [6.07, 6.45) is -0.0760. The fourth-order valence-corrected chi connectivity index (χ4v) is 2.91. The molecule has 0 unspecified atom stereocenters. The molecule has 8 N–H and O–H groups in total. The Morgan fingerprint density at radius 3 is 2.42 bits per heavy atom. The second kappa shape index (κ2) is 8.70. The van der Waals surface area contributed by atoms with Crippen molar-refractivity contribution in [2.75, 3.05) is 0 Å². The number of carboxylic acid groups (broad SMARTS) is 1. The average molecular weight is 392 g/mol. The normalized spacial score (nSPS) is 15.2. The number of carbonyl (C=O) groups is 2. The van der Waals surface area contributed by atoms with Crippen molar-refractivity contribution < 1.29 is 32.7 Å². The third-order valence-corrected chi connectivity index (χ3v) is 4.22. The van der Waals surface area contributed by atoms with E-state index < -0.39 is 52.4 Å². The second-order valence-electron chi connectivity index (χ2n) is 5.23. The molecule has 0 aromatic carbocycles. The minimum absolute atomic E-state index is 0.0938. The monoisotopic (exact) mass is 392 g/mol. The Morgan fingerprint density at radius 2 is 1.96 bits per heavy atom. The molecule has 26 heavy (non-hydrogen) atoms. The van der Waals surface area contributed by atoms with Gasteiger partial charge in [-0.3, -0.25) is 4.79 Å². The van der Waals surface area contributed by atoms with Crippen LogP contribution in [-0.4, -0.2) is 46.7 Å². The van der Waals surface area contributed by atoms with Crippen molar-refractivity contribution >= 4 is 22.1 Å². The van der Waals surface area contributed by atoms with E-state index in [0.29, 0.717) is 6.42 Å². The average Bonchev–Trinajstić information content (AvgIpc) is 3.00. The number of nitrogens with one attached hydrogen (secondary N) is 2. The maximum Gasteiger partial charge on any atom is 0.329 e. The molecule has 1 aromatic heterocycles. The smallest absolute Gasteiger partial charge is 0.329 e. The SMILES string of the molecule is C=C(O)[C@H](NS(=O)(=O)N[C@H](CC(N)=O)c1nc([C@@H](N)CC)no1)C(=O)O. The molecule has 0 radical (unpaired) electrons. The van der Waals surface area contributed by atoms with E-state index >= 15 is 0 Å². The van der Waals surface area contributed by atoms with E-state index in [1.54, 1.807) is 11.6 Å². The lowest BCUT2D eigenvalue weighted by Gasteiger charge is -2.17. The number of aromatic nitrogens is 2. The summed E-state index contributed by atoms with van der Waals surface area (Å²) in [6.45, 7) is 4.74. The number of carboxylic acids is 1. The molecule has 0 aliphatic heterocycles. The number of aliphatic hydroxyl groups excluding tert-OH is 1. The molecule has 1 aromatic rings. The zero-order chi connectivity index (χ0) is 20.1. The van der Waals surface area contributed by atoms with E-state index in [2.05, 4.69) is 16.7 Å². The summed E-state index contributed by atoms with van der Waals surface area (Å²) in [7, 11) is -4.55. The third kappa shape index (κ3) is 6.07. The number of hydrogen-bond acceptors (Lipinski definition) is 9. The summed E-state index contributed by atoms with van der Waals surface area (Å²) in [4.78, 5) is 26.1. The van der Waals surface area contributed by atoms with Gasteiger partial charge >= 0.3 is 5.97 Å². The molecule has 0 aliphatic rings. The molecule has 146 valence electrons. The molecule has 0 saturated carbocycles. The van der Waals surface area contributed by atoms with Gasteiger partial charge in [0.15, 0.2) is 11.9 Å². The lowest BCUT2D eigenvalue weighted by Crippen LogP contribution is -2.48. The highest BCUT2D eigenvalue weighted by Gasteiger charge is 2.31. The number of rotatable bonds is 11. The molecule has 3 atom stereocenters. The van der Waals surface area contributed by atoms with Crippen LogP contribution < -0.4 is 20.9 Å². The second-order valence-corrected chi connectivity index (χ2v) is 6.71. The molecule has 0 fully saturated rings. The minimum Gasteiger partial charge on any atom is -0.511 e. The molecule has 0 aliphatic carbocycles. The lowest BCUT2D eigenvalue weighted by molar-refractivity contribution is -0.138. The highest BCUT2D eigenvalue weighted by Crippen LogP contribution is 2.18. The number of carbonyl (C=O) groups excluding carboxylic acids is 1. The topological polar surface area (TPSA) is 224 Å². The Morgan fingerprint density at radius 1 is 1.35 bits per heavy atom. The van der Waals surface area contributed by atoms with E-state index in [4.69, 9.17) is 21.1 Å². The Labute approximate surface area is 148 Å². The zero-order valence-corrected chi connectivity index (χ0v) is 14.6. The van der Waals surface area contributed by atoms with E-state index in [1.807, 2.05) is 4.72 Å². The van der Waals surface area contributed by atoms with Crippen LogP contribution in [0.4, 0.5) is 0 Å². The summed E-state index contributed by atoms with van der Waals surface area (Å²) in [6, 6.07) is -3.95. The molecule has 1 rings (SSSR count). The molecule has 1 heterocycles. The summed E-state index contributed by atoms with van der Waals surface area (Å²) in [5.41, 5.74) is 10.8. The van der Waals surface area contributed by atoms with Crippen LogP contribution >= 0.6 is 0 Å². The highest BCUT2D eigenvalue weighted by molar-refractivity contribution is 7.87. The summed E-state index contributed by atoms with van der Waals surface area (Å²) in [5.74, 6) is -3.72. The van der Waals surface area contributed by atoms with Crippen LogP contribution in [0.5, 0.6) is 0 Å². The van der Waals surface area contributed by atoms with Gasteiger partial charge < -0.3 is 26.2 Å². The van der Waals surface area contributed by atoms with E-state index in [1.165, 1.54) is 0 Å². The van der Waals surface area contributed by atoms with Crippen LogP contribution in [0.2, 0.25) is 0 Å². The summed E-state index contributed by atoms with van der Waals surface area (Å²) in [5, 5.41) is 21.7. The number of nitrogens with two attached hydrogens (primary N) is 2. The van der Waals surface area contributed by atoms with Gasteiger partial charge in [-0.25, -0.2) is 4.79 Å². The van der Waals surface area contributed by atoms with Crippen molar-refractivity contribution in [3.63, 3.8) is 0 Å². The van der Waals surface area contributed by atoms with Crippen molar-refractivity contribution in [2.24, 2.45) is 11.5 Å². The standard InChI is InChI=1S/C12H20N6O7S/c1-3-6(13)10-15-11(25-16-10)7(4-8(14)20)17-26(23,24)18-9(5(2)19)12(21)22/h6-7,9,17-19H,2-4,13H2,1H3,(H2,14,20)(H,21,22)/t6-,7+,9-/m0/s1. The van der Waals surface area contributed by atoms with E-state index in [-0.39, 0.29) is 11.7 Å². The molecule has 0 spiro atoms. The van der Waals surface area contributed by atoms with E-state index in [9.17, 15) is 23.1 Å². The predicted octanol–water partition coefficient (Wildman–Crippen LogP) is -1.66. The van der Waals surface area contributed by atoms with E-state index in [0.717, 1.165) is 0 Å². The van der Waals surface area contributed by atoms with Gasteiger partial charge in [-0.15, -0.1) is 0 Å². The maximum atomic E-state index is 12.1. The van der Waals surface area contributed by atoms with Crippen LogP contribution in [0, 0.1) is 0 Å². The minimum atomic E-state index is -4.55. The van der Waals surface area contributed by atoms with Gasteiger partial charge in [0.1, 0.15) is 11.8 Å². The number of hydrogen-bond donors (Lipinski definition) is 6. The highest BCUT2D eigenvalue weighted by atomic mass is 32.2. The molecular weight excluding hydrogens is 372 g/mol. The largest absolute Gasteiger partial charge is 0.511 e. The van der Waals surface area contributed by atoms with Crippen LogP contribution in [0.1, 0.15) is 43.6 Å². The Bertz CT molecular complexity index is 763. The molecule has 0 bridgehead atoms. The van der Waals surface area contributed by atoms with Crippen LogP contribution in [0.3, 0.4) is 0 Å². The van der Waals surface area contributed by atoms with Gasteiger partial charge in [0.25, 0.3) is 10.2 Å². The molecule has 1 amide bonds. The van der Waals surface area contributed by atoms with Gasteiger partial charge in [0.05, 0.1) is 12.5 Å². The number of aliphatic hydroxyl groups is 1. The van der Waals surface area contributed by atoms with Crippen LogP contribution in [0.15, 0.2) is 16.9 Å². The van der Waals surface area contributed by atoms with Gasteiger partial charge in [-0.2, -0.15) is 22.8 Å². The summed E-state index contributed by atoms with van der Waals surface area (Å²) < 4.78 is 32.7. The van der Waals surface area contributed by atoms with Gasteiger partial charge in [0, 0.05) is 0 Å². The maximum absolute atomic E-state index is 12.1. The van der Waals surface area contributed by atoms with Gasteiger partial charge in [-0.1, -0.05) is 18.7 Å². The van der Waals surface area contributed by atoms with Crippen molar-refractivity contribution in [3.05, 3.63) is 24.1 Å². The fraction of sp³-hybridized carbons (Fsp3) is 0.500. The van der Waals surface area contributed by atoms with Crippen molar-refractivity contribution in [2.45, 2.75) is 37.9 Å².